The van der Waals surface area contributed by atoms with Crippen LogP contribution in [0.4, 0.5) is 0 Å². The summed E-state index contributed by atoms with van der Waals surface area (Å²) in [6.07, 6.45) is 2.08. The van der Waals surface area contributed by atoms with Gasteiger partial charge in [0, 0.05) is 24.5 Å². The van der Waals surface area contributed by atoms with E-state index in [0.717, 1.165) is 23.9 Å². The molecule has 0 aliphatic rings. The van der Waals surface area contributed by atoms with Gasteiger partial charge in [-0.15, -0.1) is 0 Å². The molecular formula is C19H20ClN3O2. The fourth-order valence-electron chi connectivity index (χ4n) is 2.83. The molecule has 0 fully saturated rings. The van der Waals surface area contributed by atoms with Crippen molar-refractivity contribution in [1.29, 1.82) is 0 Å². The summed E-state index contributed by atoms with van der Waals surface area (Å²) in [7, 11) is 0. The Morgan fingerprint density at radius 1 is 1.12 bits per heavy atom. The lowest BCUT2D eigenvalue weighted by Crippen LogP contribution is -2.29. The number of para-hydroxylation sites is 2. The average molecular weight is 358 g/mol. The van der Waals surface area contributed by atoms with Crippen LogP contribution in [-0.4, -0.2) is 22.0 Å². The van der Waals surface area contributed by atoms with Gasteiger partial charge in [-0.3, -0.25) is 9.36 Å². The van der Waals surface area contributed by atoms with Crippen molar-refractivity contribution in [3.63, 3.8) is 0 Å². The topological polar surface area (TPSA) is 66.9 Å². The number of aromatic amines is 1. The zero-order valence-corrected chi connectivity index (χ0v) is 14.6. The normalized spacial score (nSPS) is 10.9. The molecule has 0 spiro atoms. The summed E-state index contributed by atoms with van der Waals surface area (Å²) in [4.78, 5) is 26.7. The summed E-state index contributed by atoms with van der Waals surface area (Å²) in [5, 5.41) is 3.59. The number of nitrogens with one attached hydrogen (secondary N) is 2. The Labute approximate surface area is 150 Å². The standard InChI is InChI=1S/C19H20ClN3O2/c20-15-10-8-14(9-11-15)4-3-7-18(24)21-12-13-23-17-6-2-1-5-16(17)22-19(23)25/h1-2,5-6,8-11H,3-4,7,12-13H2,(H,21,24)(H,22,25). The number of benzene rings is 2. The minimum absolute atomic E-state index is 0.00172. The van der Waals surface area contributed by atoms with Crippen molar-refractivity contribution < 1.29 is 4.79 Å². The maximum atomic E-state index is 12.0. The van der Waals surface area contributed by atoms with Crippen molar-refractivity contribution in [3.05, 3.63) is 69.6 Å². The first-order valence-corrected chi connectivity index (χ1v) is 8.70. The molecule has 1 aromatic heterocycles. The number of amides is 1. The van der Waals surface area contributed by atoms with Gasteiger partial charge in [0.15, 0.2) is 0 Å². The van der Waals surface area contributed by atoms with Crippen molar-refractivity contribution >= 4 is 28.5 Å². The summed E-state index contributed by atoms with van der Waals surface area (Å²) < 4.78 is 1.64. The third-order valence-corrected chi connectivity index (χ3v) is 4.37. The number of H-pyrrole nitrogens is 1. The van der Waals surface area contributed by atoms with Gasteiger partial charge in [0.05, 0.1) is 11.0 Å². The Kier molecular flexibility index (Phi) is 5.56. The minimum atomic E-state index is -0.154. The van der Waals surface area contributed by atoms with Gasteiger partial charge in [0.1, 0.15) is 0 Å². The van der Waals surface area contributed by atoms with Crippen molar-refractivity contribution in [2.45, 2.75) is 25.8 Å². The van der Waals surface area contributed by atoms with Gasteiger partial charge in [-0.1, -0.05) is 35.9 Å². The number of carbonyl (C=O) groups excluding carboxylic acids is 1. The van der Waals surface area contributed by atoms with E-state index < -0.39 is 0 Å². The molecular weight excluding hydrogens is 338 g/mol. The summed E-state index contributed by atoms with van der Waals surface area (Å²) in [6.45, 7) is 0.882. The van der Waals surface area contributed by atoms with E-state index in [0.29, 0.717) is 24.5 Å². The molecule has 0 aliphatic carbocycles. The van der Waals surface area contributed by atoms with Crippen LogP contribution in [0.2, 0.25) is 5.02 Å². The smallest absolute Gasteiger partial charge is 0.326 e. The Bertz CT molecular complexity index is 912. The number of carbonyl (C=O) groups is 1. The molecule has 0 bridgehead atoms. The maximum absolute atomic E-state index is 12.0. The molecule has 0 radical (unpaired) electrons. The second-order valence-electron chi connectivity index (χ2n) is 5.93. The van der Waals surface area contributed by atoms with Crippen LogP contribution in [0.1, 0.15) is 18.4 Å². The molecule has 0 aliphatic heterocycles. The van der Waals surface area contributed by atoms with Crippen molar-refractivity contribution in [1.82, 2.24) is 14.9 Å². The van der Waals surface area contributed by atoms with E-state index in [2.05, 4.69) is 10.3 Å². The summed E-state index contributed by atoms with van der Waals surface area (Å²) in [5.74, 6) is 0.00172. The van der Waals surface area contributed by atoms with E-state index in [-0.39, 0.29) is 11.6 Å². The highest BCUT2D eigenvalue weighted by Crippen LogP contribution is 2.11. The third-order valence-electron chi connectivity index (χ3n) is 4.12. The van der Waals surface area contributed by atoms with Crippen LogP contribution in [0, 0.1) is 0 Å². The second kappa shape index (κ2) is 8.03. The second-order valence-corrected chi connectivity index (χ2v) is 6.37. The predicted octanol–water partition coefficient (Wildman–Crippen LogP) is 3.12. The van der Waals surface area contributed by atoms with Gasteiger partial charge >= 0.3 is 5.69 Å². The highest BCUT2D eigenvalue weighted by atomic mass is 35.5. The molecule has 5 nitrogen and oxygen atoms in total. The molecule has 25 heavy (non-hydrogen) atoms. The van der Waals surface area contributed by atoms with Gasteiger partial charge in [0.25, 0.3) is 0 Å². The Balaban J connectivity index is 1.44. The van der Waals surface area contributed by atoms with E-state index in [9.17, 15) is 9.59 Å². The molecule has 2 N–H and O–H groups in total. The lowest BCUT2D eigenvalue weighted by atomic mass is 10.1. The average Bonchev–Trinajstić information content (AvgIpc) is 2.92. The molecule has 6 heteroatoms. The number of rotatable bonds is 7. The maximum Gasteiger partial charge on any atom is 0.326 e. The molecule has 0 atom stereocenters. The highest BCUT2D eigenvalue weighted by Gasteiger charge is 2.06. The van der Waals surface area contributed by atoms with E-state index in [1.165, 1.54) is 5.56 Å². The largest absolute Gasteiger partial charge is 0.354 e. The monoisotopic (exact) mass is 357 g/mol. The number of aryl methyl sites for hydroxylation is 1. The number of hydrogen-bond acceptors (Lipinski definition) is 2. The van der Waals surface area contributed by atoms with Crippen LogP contribution in [0.15, 0.2) is 53.3 Å². The number of hydrogen-bond donors (Lipinski definition) is 2. The van der Waals surface area contributed by atoms with Gasteiger partial charge in [-0.05, 0) is 42.7 Å². The molecule has 1 amide bonds. The fourth-order valence-corrected chi connectivity index (χ4v) is 2.95. The lowest BCUT2D eigenvalue weighted by molar-refractivity contribution is -0.121. The number of nitrogens with zero attached hydrogens (tertiary/aromatic N) is 1. The van der Waals surface area contributed by atoms with Crippen molar-refractivity contribution in [2.75, 3.05) is 6.54 Å². The molecule has 0 saturated heterocycles. The first kappa shape index (κ1) is 17.3. The predicted molar refractivity (Wildman–Crippen MR) is 100.0 cm³/mol. The first-order chi connectivity index (χ1) is 12.1. The third kappa shape index (κ3) is 4.51. The Morgan fingerprint density at radius 3 is 2.68 bits per heavy atom. The first-order valence-electron chi connectivity index (χ1n) is 8.32. The van der Waals surface area contributed by atoms with Crippen molar-refractivity contribution in [3.8, 4) is 0 Å². The molecule has 3 aromatic rings. The molecule has 0 unspecified atom stereocenters. The number of fused-ring (bicyclic) bond motifs is 1. The van der Waals surface area contributed by atoms with E-state index in [1.54, 1.807) is 4.57 Å². The Morgan fingerprint density at radius 2 is 1.88 bits per heavy atom. The minimum Gasteiger partial charge on any atom is -0.354 e. The van der Waals surface area contributed by atoms with Gasteiger partial charge in [-0.25, -0.2) is 4.79 Å². The number of halogens is 1. The summed E-state index contributed by atoms with van der Waals surface area (Å²) in [6, 6.07) is 15.2. The zero-order chi connectivity index (χ0) is 17.6. The van der Waals surface area contributed by atoms with Crippen LogP contribution in [0.5, 0.6) is 0 Å². The fraction of sp³-hybridized carbons (Fsp3) is 0.263. The molecule has 1 heterocycles. The number of aromatic nitrogens is 2. The summed E-state index contributed by atoms with van der Waals surface area (Å²) >= 11 is 5.85. The van der Waals surface area contributed by atoms with Crippen LogP contribution < -0.4 is 11.0 Å². The van der Waals surface area contributed by atoms with Gasteiger partial charge in [0.2, 0.25) is 5.91 Å². The Hall–Kier alpha value is -2.53. The van der Waals surface area contributed by atoms with Gasteiger partial charge in [-0.2, -0.15) is 0 Å². The van der Waals surface area contributed by atoms with Gasteiger partial charge < -0.3 is 10.3 Å². The van der Waals surface area contributed by atoms with E-state index in [1.807, 2.05) is 48.5 Å². The van der Waals surface area contributed by atoms with E-state index in [4.69, 9.17) is 11.6 Å². The molecule has 0 saturated carbocycles. The van der Waals surface area contributed by atoms with Crippen LogP contribution >= 0.6 is 11.6 Å². The molecule has 2 aromatic carbocycles. The van der Waals surface area contributed by atoms with E-state index >= 15 is 0 Å². The number of imidazole rings is 1. The van der Waals surface area contributed by atoms with Crippen LogP contribution in [-0.2, 0) is 17.8 Å². The quantitative estimate of drug-likeness (QED) is 0.682. The lowest BCUT2D eigenvalue weighted by Gasteiger charge is -2.07. The van der Waals surface area contributed by atoms with Crippen LogP contribution in [0.25, 0.3) is 11.0 Å². The summed E-state index contributed by atoms with van der Waals surface area (Å²) in [5.41, 5.74) is 2.67. The zero-order valence-electron chi connectivity index (χ0n) is 13.8. The highest BCUT2D eigenvalue weighted by molar-refractivity contribution is 6.30. The van der Waals surface area contributed by atoms with Crippen molar-refractivity contribution in [2.24, 2.45) is 0 Å². The molecule has 130 valence electrons. The SMILES string of the molecule is O=C(CCCc1ccc(Cl)cc1)NCCn1c(=O)[nH]c2ccccc21. The van der Waals surface area contributed by atoms with Crippen LogP contribution in [0.3, 0.4) is 0 Å². The molecule has 3 rings (SSSR count).